The van der Waals surface area contributed by atoms with Gasteiger partial charge in [0.1, 0.15) is 0 Å². The van der Waals surface area contributed by atoms with E-state index in [1.165, 1.54) is 0 Å². The maximum Gasteiger partial charge on any atom is 0.248 e. The Kier molecular flexibility index (Phi) is 3.44. The number of nitrogens with zero attached hydrogens (tertiary/aromatic N) is 2. The minimum absolute atomic E-state index is 0.00882. The number of hydrogen-bond donors (Lipinski definition) is 1. The summed E-state index contributed by atoms with van der Waals surface area (Å²) in [5, 5.41) is 7.32. The standard InChI is InChI=1S/C15H19F2N3/c1-10-14-12(4-2-3-5-13(14)20-19-10)18-11-6-8-15(16,17)9-7-11/h2,4,11H,3,5-9H2,1H3,(H,19,20). The molecule has 1 N–H and O–H groups in total. The van der Waals surface area contributed by atoms with Gasteiger partial charge in [0.15, 0.2) is 0 Å². The summed E-state index contributed by atoms with van der Waals surface area (Å²) in [6.07, 6.45) is 6.80. The van der Waals surface area contributed by atoms with Gasteiger partial charge in [0, 0.05) is 24.1 Å². The van der Waals surface area contributed by atoms with Gasteiger partial charge < -0.3 is 0 Å². The fourth-order valence-corrected chi connectivity index (χ4v) is 2.96. The lowest BCUT2D eigenvalue weighted by molar-refractivity contribution is -0.0373. The Morgan fingerprint density at radius 2 is 2.10 bits per heavy atom. The van der Waals surface area contributed by atoms with E-state index in [4.69, 9.17) is 4.99 Å². The number of nitrogens with one attached hydrogen (secondary N) is 1. The highest BCUT2D eigenvalue weighted by atomic mass is 19.3. The molecule has 0 saturated heterocycles. The normalized spacial score (nSPS) is 24.6. The average molecular weight is 279 g/mol. The molecule has 0 atom stereocenters. The quantitative estimate of drug-likeness (QED) is 0.838. The van der Waals surface area contributed by atoms with Crippen LogP contribution in [0.15, 0.2) is 17.1 Å². The average Bonchev–Trinajstić information content (AvgIpc) is 2.65. The van der Waals surface area contributed by atoms with Crippen molar-refractivity contribution in [3.8, 4) is 0 Å². The maximum absolute atomic E-state index is 13.2. The van der Waals surface area contributed by atoms with E-state index >= 15 is 0 Å². The van der Waals surface area contributed by atoms with E-state index in [1.807, 2.05) is 13.0 Å². The van der Waals surface area contributed by atoms with Crippen molar-refractivity contribution in [2.75, 3.05) is 0 Å². The third-order valence-electron chi connectivity index (χ3n) is 4.11. The summed E-state index contributed by atoms with van der Waals surface area (Å²) in [6.45, 7) is 1.98. The first-order valence-electron chi connectivity index (χ1n) is 7.21. The van der Waals surface area contributed by atoms with Gasteiger partial charge in [-0.1, -0.05) is 6.08 Å². The van der Waals surface area contributed by atoms with E-state index in [-0.39, 0.29) is 18.9 Å². The van der Waals surface area contributed by atoms with Crippen LogP contribution in [0.2, 0.25) is 0 Å². The summed E-state index contributed by atoms with van der Waals surface area (Å²) in [5.41, 5.74) is 4.01. The molecule has 1 heterocycles. The van der Waals surface area contributed by atoms with Crippen molar-refractivity contribution >= 4 is 5.71 Å². The lowest BCUT2D eigenvalue weighted by Crippen LogP contribution is -2.27. The van der Waals surface area contributed by atoms with Gasteiger partial charge in [0.05, 0.1) is 17.4 Å². The van der Waals surface area contributed by atoms with Gasteiger partial charge in [-0.2, -0.15) is 5.10 Å². The molecule has 3 nitrogen and oxygen atoms in total. The molecule has 5 heteroatoms. The van der Waals surface area contributed by atoms with Gasteiger partial charge in [0.2, 0.25) is 5.92 Å². The molecule has 20 heavy (non-hydrogen) atoms. The fourth-order valence-electron chi connectivity index (χ4n) is 2.96. The fraction of sp³-hybridized carbons (Fsp3) is 0.600. The number of halogens is 2. The van der Waals surface area contributed by atoms with E-state index in [2.05, 4.69) is 16.3 Å². The third kappa shape index (κ3) is 2.67. The van der Waals surface area contributed by atoms with Gasteiger partial charge in [-0.05, 0) is 38.7 Å². The van der Waals surface area contributed by atoms with E-state index in [9.17, 15) is 8.78 Å². The number of rotatable bonds is 1. The van der Waals surface area contributed by atoms with Crippen LogP contribution in [-0.2, 0) is 6.42 Å². The Labute approximate surface area is 117 Å². The Morgan fingerprint density at radius 1 is 1.35 bits per heavy atom. The molecular weight excluding hydrogens is 260 g/mol. The number of aromatic nitrogens is 2. The highest BCUT2D eigenvalue weighted by Crippen LogP contribution is 2.34. The lowest BCUT2D eigenvalue weighted by Gasteiger charge is -2.26. The molecule has 0 amide bonds. The number of allylic oxidation sites excluding steroid dienone is 2. The van der Waals surface area contributed by atoms with Crippen molar-refractivity contribution < 1.29 is 8.78 Å². The molecule has 0 unspecified atom stereocenters. The summed E-state index contributed by atoms with van der Waals surface area (Å²) >= 11 is 0. The van der Waals surface area contributed by atoms with E-state index in [0.717, 1.165) is 35.5 Å². The molecule has 1 aromatic rings. The molecular formula is C15H19F2N3. The van der Waals surface area contributed by atoms with Crippen molar-refractivity contribution in [2.24, 2.45) is 4.99 Å². The van der Waals surface area contributed by atoms with Gasteiger partial charge in [-0.25, -0.2) is 8.78 Å². The predicted molar refractivity (Wildman–Crippen MR) is 74.5 cm³/mol. The molecule has 108 valence electrons. The van der Waals surface area contributed by atoms with Crippen LogP contribution in [0.3, 0.4) is 0 Å². The summed E-state index contributed by atoms with van der Waals surface area (Å²) in [6, 6.07) is 0.00882. The molecule has 0 bridgehead atoms. The first-order chi connectivity index (χ1) is 9.55. The highest BCUT2D eigenvalue weighted by Gasteiger charge is 2.35. The SMILES string of the molecule is Cc1[nH]nc2c1C(=NC1CCC(F)(F)CC1)C=CCC2. The number of aromatic amines is 1. The van der Waals surface area contributed by atoms with E-state index in [0.29, 0.717) is 12.8 Å². The minimum Gasteiger partial charge on any atom is -0.282 e. The van der Waals surface area contributed by atoms with Crippen LogP contribution in [0.1, 0.15) is 49.1 Å². The third-order valence-corrected chi connectivity index (χ3v) is 4.11. The van der Waals surface area contributed by atoms with Crippen LogP contribution >= 0.6 is 0 Å². The molecule has 2 aliphatic carbocycles. The molecule has 0 spiro atoms. The summed E-state index contributed by atoms with van der Waals surface area (Å²) < 4.78 is 26.4. The lowest BCUT2D eigenvalue weighted by atomic mass is 9.92. The van der Waals surface area contributed by atoms with Crippen molar-refractivity contribution in [1.82, 2.24) is 10.2 Å². The topological polar surface area (TPSA) is 41.0 Å². The van der Waals surface area contributed by atoms with Gasteiger partial charge in [-0.3, -0.25) is 10.1 Å². The van der Waals surface area contributed by atoms with Crippen molar-refractivity contribution in [3.05, 3.63) is 29.1 Å². The molecule has 0 radical (unpaired) electrons. The number of aliphatic imine (C=N–C) groups is 1. The van der Waals surface area contributed by atoms with Crippen molar-refractivity contribution in [1.29, 1.82) is 0 Å². The summed E-state index contributed by atoms with van der Waals surface area (Å²) in [7, 11) is 0. The van der Waals surface area contributed by atoms with E-state index in [1.54, 1.807) is 0 Å². The van der Waals surface area contributed by atoms with Crippen LogP contribution in [0.25, 0.3) is 0 Å². The molecule has 1 aromatic heterocycles. The second-order valence-electron chi connectivity index (χ2n) is 5.71. The molecule has 2 aliphatic rings. The molecule has 1 fully saturated rings. The molecule has 0 aromatic carbocycles. The van der Waals surface area contributed by atoms with Crippen molar-refractivity contribution in [2.45, 2.75) is 57.4 Å². The van der Waals surface area contributed by atoms with Crippen LogP contribution in [0.4, 0.5) is 8.78 Å². The van der Waals surface area contributed by atoms with E-state index < -0.39 is 5.92 Å². The van der Waals surface area contributed by atoms with Gasteiger partial charge in [0.25, 0.3) is 0 Å². The molecule has 3 rings (SSSR count). The zero-order valence-corrected chi connectivity index (χ0v) is 11.6. The summed E-state index contributed by atoms with van der Waals surface area (Å²) in [4.78, 5) is 4.73. The first kappa shape index (κ1) is 13.5. The number of H-pyrrole nitrogens is 1. The second kappa shape index (κ2) is 5.11. The number of aryl methyl sites for hydroxylation is 2. The molecule has 0 aliphatic heterocycles. The van der Waals surface area contributed by atoms with Crippen LogP contribution in [0, 0.1) is 6.92 Å². The predicted octanol–water partition coefficient (Wildman–Crippen LogP) is 3.59. The zero-order valence-electron chi connectivity index (χ0n) is 11.6. The Balaban J connectivity index is 1.86. The van der Waals surface area contributed by atoms with Crippen LogP contribution in [0.5, 0.6) is 0 Å². The maximum atomic E-state index is 13.2. The number of hydrogen-bond acceptors (Lipinski definition) is 2. The second-order valence-corrected chi connectivity index (χ2v) is 5.71. The smallest absolute Gasteiger partial charge is 0.248 e. The van der Waals surface area contributed by atoms with Crippen LogP contribution in [-0.4, -0.2) is 27.9 Å². The monoisotopic (exact) mass is 279 g/mol. The summed E-state index contributed by atoms with van der Waals surface area (Å²) in [5.74, 6) is -2.49. The Morgan fingerprint density at radius 3 is 2.85 bits per heavy atom. The highest BCUT2D eigenvalue weighted by molar-refractivity contribution is 6.10. The Hall–Kier alpha value is -1.52. The number of fused-ring (bicyclic) bond motifs is 1. The minimum atomic E-state index is -2.49. The van der Waals surface area contributed by atoms with Gasteiger partial charge in [-0.15, -0.1) is 0 Å². The number of alkyl halides is 2. The van der Waals surface area contributed by atoms with Crippen LogP contribution < -0.4 is 0 Å². The van der Waals surface area contributed by atoms with Crippen molar-refractivity contribution in [3.63, 3.8) is 0 Å². The zero-order chi connectivity index (χ0) is 14.2. The largest absolute Gasteiger partial charge is 0.282 e. The van der Waals surface area contributed by atoms with Gasteiger partial charge >= 0.3 is 0 Å². The Bertz CT molecular complexity index is 547. The first-order valence-corrected chi connectivity index (χ1v) is 7.21. The molecule has 1 saturated carbocycles.